The number of aromatic nitrogens is 2. The number of hydrogen-bond donors (Lipinski definition) is 2. The number of nitrogens with one attached hydrogen (secondary N) is 1. The minimum atomic E-state index is -0.237. The van der Waals surface area contributed by atoms with E-state index in [1.54, 1.807) is 23.5 Å². The second-order valence-corrected chi connectivity index (χ2v) is 6.61. The predicted octanol–water partition coefficient (Wildman–Crippen LogP) is 3.87. The maximum absolute atomic E-state index is 13.2. The molecule has 2 heterocycles. The van der Waals surface area contributed by atoms with Crippen LogP contribution in [0, 0.1) is 19.7 Å². The fourth-order valence-electron chi connectivity index (χ4n) is 2.62. The van der Waals surface area contributed by atoms with Crippen LogP contribution in [0.5, 0.6) is 0 Å². The van der Waals surface area contributed by atoms with Gasteiger partial charge in [-0.15, -0.1) is 11.3 Å². The summed E-state index contributed by atoms with van der Waals surface area (Å²) in [5.74, 6) is 1.32. The Bertz CT molecular complexity index is 827. The van der Waals surface area contributed by atoms with Crippen molar-refractivity contribution in [2.75, 3.05) is 18.4 Å². The van der Waals surface area contributed by atoms with E-state index in [1.807, 2.05) is 6.92 Å². The lowest BCUT2D eigenvalue weighted by atomic mass is 10.0. The van der Waals surface area contributed by atoms with Crippen LogP contribution in [-0.4, -0.2) is 23.1 Å². The number of fused-ring (bicyclic) bond motifs is 1. The van der Waals surface area contributed by atoms with Crippen molar-refractivity contribution in [2.24, 2.45) is 5.73 Å². The fourth-order valence-corrected chi connectivity index (χ4v) is 3.71. The van der Waals surface area contributed by atoms with Crippen LogP contribution in [-0.2, 0) is 0 Å². The molecule has 0 atom stereocenters. The Labute approximate surface area is 138 Å². The lowest BCUT2D eigenvalue weighted by Crippen LogP contribution is -2.10. The highest BCUT2D eigenvalue weighted by atomic mass is 32.1. The first-order valence-corrected chi connectivity index (χ1v) is 8.39. The van der Waals surface area contributed by atoms with Crippen LogP contribution in [0.2, 0.25) is 0 Å². The molecule has 0 aliphatic heterocycles. The van der Waals surface area contributed by atoms with E-state index in [9.17, 15) is 4.39 Å². The molecule has 0 unspecified atom stereocenters. The Morgan fingerprint density at radius 1 is 1.17 bits per heavy atom. The number of thiophene rings is 1. The second kappa shape index (κ2) is 6.60. The van der Waals surface area contributed by atoms with Crippen molar-refractivity contribution in [3.8, 4) is 11.1 Å². The highest BCUT2D eigenvalue weighted by Crippen LogP contribution is 2.40. The molecule has 0 aliphatic rings. The zero-order valence-corrected chi connectivity index (χ0v) is 14.0. The van der Waals surface area contributed by atoms with E-state index >= 15 is 0 Å². The molecule has 3 rings (SSSR count). The summed E-state index contributed by atoms with van der Waals surface area (Å²) in [7, 11) is 0. The van der Waals surface area contributed by atoms with Crippen LogP contribution in [0.15, 0.2) is 24.3 Å². The van der Waals surface area contributed by atoms with Crippen molar-refractivity contribution in [1.82, 2.24) is 9.97 Å². The van der Waals surface area contributed by atoms with E-state index < -0.39 is 0 Å². The molecule has 0 spiro atoms. The average molecular weight is 330 g/mol. The van der Waals surface area contributed by atoms with Gasteiger partial charge in [-0.1, -0.05) is 12.1 Å². The van der Waals surface area contributed by atoms with Crippen LogP contribution < -0.4 is 11.1 Å². The fraction of sp³-hybridized carbons (Fsp3) is 0.294. The molecule has 0 radical (unpaired) electrons. The summed E-state index contributed by atoms with van der Waals surface area (Å²) < 4.78 is 13.2. The normalized spacial score (nSPS) is 11.1. The van der Waals surface area contributed by atoms with Crippen LogP contribution in [0.4, 0.5) is 10.2 Å². The van der Waals surface area contributed by atoms with E-state index in [0.29, 0.717) is 6.54 Å². The number of nitrogens with two attached hydrogens (primary N) is 1. The Balaban J connectivity index is 2.16. The number of aryl methyl sites for hydroxylation is 2. The van der Waals surface area contributed by atoms with Gasteiger partial charge in [0.15, 0.2) is 0 Å². The third-order valence-electron chi connectivity index (χ3n) is 3.65. The number of hydrogen-bond acceptors (Lipinski definition) is 5. The van der Waals surface area contributed by atoms with Gasteiger partial charge < -0.3 is 11.1 Å². The van der Waals surface area contributed by atoms with Gasteiger partial charge in [-0.05, 0) is 44.5 Å². The van der Waals surface area contributed by atoms with Gasteiger partial charge in [0.2, 0.25) is 0 Å². The van der Waals surface area contributed by atoms with Crippen molar-refractivity contribution in [2.45, 2.75) is 20.3 Å². The molecule has 2 aromatic heterocycles. The molecule has 23 heavy (non-hydrogen) atoms. The molecule has 0 saturated carbocycles. The van der Waals surface area contributed by atoms with E-state index in [-0.39, 0.29) is 5.82 Å². The summed E-state index contributed by atoms with van der Waals surface area (Å²) >= 11 is 1.64. The highest BCUT2D eigenvalue weighted by Gasteiger charge is 2.17. The van der Waals surface area contributed by atoms with Crippen molar-refractivity contribution in [3.63, 3.8) is 0 Å². The average Bonchev–Trinajstić information content (AvgIpc) is 2.84. The topological polar surface area (TPSA) is 63.8 Å². The van der Waals surface area contributed by atoms with Gasteiger partial charge in [-0.3, -0.25) is 0 Å². The van der Waals surface area contributed by atoms with Crippen molar-refractivity contribution in [3.05, 3.63) is 40.8 Å². The van der Waals surface area contributed by atoms with E-state index in [2.05, 4.69) is 22.2 Å². The molecule has 0 bridgehead atoms. The van der Waals surface area contributed by atoms with Gasteiger partial charge in [0, 0.05) is 17.0 Å². The molecule has 0 saturated heterocycles. The summed E-state index contributed by atoms with van der Waals surface area (Å²) in [6.45, 7) is 5.34. The molecule has 6 heteroatoms. The highest BCUT2D eigenvalue weighted by molar-refractivity contribution is 7.19. The van der Waals surface area contributed by atoms with Gasteiger partial charge in [-0.25, -0.2) is 14.4 Å². The first kappa shape index (κ1) is 15.8. The SMILES string of the molecule is Cc1nc(NCCCN)c2c(-c3ccc(F)cc3)c(C)sc2n1. The maximum atomic E-state index is 13.2. The Morgan fingerprint density at radius 3 is 2.61 bits per heavy atom. The summed E-state index contributed by atoms with van der Waals surface area (Å²) in [5.41, 5.74) is 7.61. The zero-order chi connectivity index (χ0) is 16.4. The molecule has 0 amide bonds. The third-order valence-corrected chi connectivity index (χ3v) is 4.64. The van der Waals surface area contributed by atoms with E-state index in [1.165, 1.54) is 12.1 Å². The molecule has 3 aromatic rings. The van der Waals surface area contributed by atoms with Crippen LogP contribution in [0.1, 0.15) is 17.1 Å². The molecule has 0 fully saturated rings. The predicted molar refractivity (Wildman–Crippen MR) is 94.4 cm³/mol. The van der Waals surface area contributed by atoms with Crippen molar-refractivity contribution < 1.29 is 4.39 Å². The van der Waals surface area contributed by atoms with E-state index in [4.69, 9.17) is 5.73 Å². The Kier molecular flexibility index (Phi) is 4.54. The van der Waals surface area contributed by atoms with Crippen LogP contribution in [0.25, 0.3) is 21.3 Å². The van der Waals surface area contributed by atoms with Gasteiger partial charge in [0.25, 0.3) is 0 Å². The molecule has 3 N–H and O–H groups in total. The quantitative estimate of drug-likeness (QED) is 0.697. The van der Waals surface area contributed by atoms with E-state index in [0.717, 1.165) is 50.8 Å². The zero-order valence-electron chi connectivity index (χ0n) is 13.2. The minimum Gasteiger partial charge on any atom is -0.369 e. The number of anilines is 1. The van der Waals surface area contributed by atoms with Gasteiger partial charge in [-0.2, -0.15) is 0 Å². The number of halogens is 1. The molecule has 1 aromatic carbocycles. The molecule has 4 nitrogen and oxygen atoms in total. The monoisotopic (exact) mass is 330 g/mol. The summed E-state index contributed by atoms with van der Waals surface area (Å²) in [6.07, 6.45) is 0.875. The molecular weight excluding hydrogens is 311 g/mol. The smallest absolute Gasteiger partial charge is 0.139 e. The Hall–Kier alpha value is -2.05. The third kappa shape index (κ3) is 3.18. The number of nitrogens with zero attached hydrogens (tertiary/aromatic N) is 2. The first-order valence-electron chi connectivity index (χ1n) is 7.57. The summed E-state index contributed by atoms with van der Waals surface area (Å²) in [6, 6.07) is 6.56. The molecule has 0 aliphatic carbocycles. The van der Waals surface area contributed by atoms with Crippen molar-refractivity contribution >= 4 is 27.4 Å². The largest absolute Gasteiger partial charge is 0.369 e. The first-order chi connectivity index (χ1) is 11.1. The van der Waals surface area contributed by atoms with Crippen molar-refractivity contribution in [1.29, 1.82) is 0 Å². The molecular formula is C17H19FN4S. The van der Waals surface area contributed by atoms with Gasteiger partial charge in [0.05, 0.1) is 5.39 Å². The van der Waals surface area contributed by atoms with Crippen LogP contribution in [0.3, 0.4) is 0 Å². The number of benzene rings is 1. The lowest BCUT2D eigenvalue weighted by molar-refractivity contribution is 0.628. The Morgan fingerprint density at radius 2 is 1.91 bits per heavy atom. The van der Waals surface area contributed by atoms with Gasteiger partial charge >= 0.3 is 0 Å². The minimum absolute atomic E-state index is 0.237. The summed E-state index contributed by atoms with van der Waals surface area (Å²) in [4.78, 5) is 11.2. The lowest BCUT2D eigenvalue weighted by Gasteiger charge is -2.09. The molecule has 120 valence electrons. The number of rotatable bonds is 5. The standard InChI is InChI=1S/C17H19FN4S/c1-10-14(12-4-6-13(18)7-5-12)15-16(20-9-3-8-19)21-11(2)22-17(15)23-10/h4-7H,3,8-9,19H2,1-2H3,(H,20,21,22). The summed E-state index contributed by atoms with van der Waals surface area (Å²) in [5, 5.41) is 4.37. The second-order valence-electron chi connectivity index (χ2n) is 5.41. The maximum Gasteiger partial charge on any atom is 0.139 e. The van der Waals surface area contributed by atoms with Crippen LogP contribution >= 0.6 is 11.3 Å². The van der Waals surface area contributed by atoms with Gasteiger partial charge in [0.1, 0.15) is 22.3 Å².